The van der Waals surface area contributed by atoms with Gasteiger partial charge in [-0.15, -0.1) is 0 Å². The lowest BCUT2D eigenvalue weighted by molar-refractivity contribution is 0.0956. The van der Waals surface area contributed by atoms with Crippen molar-refractivity contribution in [3.05, 3.63) is 66.2 Å². The molecule has 184 valence electrons. The van der Waals surface area contributed by atoms with Gasteiger partial charge in [0.1, 0.15) is 23.7 Å². The Kier molecular flexibility index (Phi) is 7.19. The van der Waals surface area contributed by atoms with Crippen molar-refractivity contribution in [2.75, 3.05) is 24.8 Å². The van der Waals surface area contributed by atoms with Crippen molar-refractivity contribution in [3.8, 4) is 17.1 Å². The minimum Gasteiger partial charge on any atom is -0.494 e. The number of anilines is 4. The third-order valence-corrected chi connectivity index (χ3v) is 5.32. The maximum Gasteiger partial charge on any atom is 0.269 e. The number of rotatable bonds is 9. The molecule has 1 aromatic carbocycles. The Labute approximate surface area is 208 Å². The van der Waals surface area contributed by atoms with Crippen LogP contribution < -0.4 is 20.7 Å². The topological polar surface area (TPSA) is 136 Å². The number of nitrogens with one attached hydrogen (secondary N) is 3. The van der Waals surface area contributed by atoms with Gasteiger partial charge in [0, 0.05) is 32.8 Å². The van der Waals surface area contributed by atoms with Gasteiger partial charge >= 0.3 is 0 Å². The second-order valence-electron chi connectivity index (χ2n) is 7.76. The van der Waals surface area contributed by atoms with E-state index >= 15 is 0 Å². The lowest BCUT2D eigenvalue weighted by atomic mass is 10.1. The average molecular weight is 487 g/mol. The SMILES string of the molecule is CCC(=O)c1cnc(Nc2cccc(C(=O)NC)n2)cc1Nc1cccc(-c2ncn(C)n2)c1OC. The van der Waals surface area contributed by atoms with Crippen LogP contribution in [0.2, 0.25) is 0 Å². The van der Waals surface area contributed by atoms with E-state index in [9.17, 15) is 9.59 Å². The van der Waals surface area contributed by atoms with E-state index in [0.29, 0.717) is 52.1 Å². The third-order valence-electron chi connectivity index (χ3n) is 5.32. The first-order valence-electron chi connectivity index (χ1n) is 11.2. The highest BCUT2D eigenvalue weighted by molar-refractivity contribution is 6.02. The summed E-state index contributed by atoms with van der Waals surface area (Å²) in [7, 11) is 4.90. The standard InChI is InChI=1S/C25H26N8O3/c1-5-20(34)16-13-27-22(31-21-11-7-10-18(30-21)25(35)26-2)12-19(16)29-17-9-6-8-15(23(17)36-4)24-28-14-33(3)32-24/h6-14H,5H2,1-4H3,(H,26,35)(H2,27,29,30,31). The normalized spacial score (nSPS) is 10.6. The molecule has 4 aromatic rings. The molecule has 0 bridgehead atoms. The number of amides is 1. The van der Waals surface area contributed by atoms with E-state index in [2.05, 4.69) is 36.0 Å². The van der Waals surface area contributed by atoms with Crippen LogP contribution in [0.3, 0.4) is 0 Å². The Morgan fingerprint density at radius 3 is 2.53 bits per heavy atom. The van der Waals surface area contributed by atoms with E-state index in [4.69, 9.17) is 4.74 Å². The number of hydrogen-bond donors (Lipinski definition) is 3. The summed E-state index contributed by atoms with van der Waals surface area (Å²) in [6.45, 7) is 1.79. The van der Waals surface area contributed by atoms with Crippen LogP contribution >= 0.6 is 0 Å². The van der Waals surface area contributed by atoms with Crippen LogP contribution in [0.5, 0.6) is 5.75 Å². The summed E-state index contributed by atoms with van der Waals surface area (Å²) in [6.07, 6.45) is 3.44. The molecule has 0 unspecified atom stereocenters. The predicted octanol–water partition coefficient (Wildman–Crippen LogP) is 3.72. The second kappa shape index (κ2) is 10.6. The van der Waals surface area contributed by atoms with Gasteiger partial charge in [0.25, 0.3) is 5.91 Å². The molecule has 0 spiro atoms. The van der Waals surface area contributed by atoms with Crippen molar-refractivity contribution in [2.24, 2.45) is 7.05 Å². The highest BCUT2D eigenvalue weighted by Crippen LogP contribution is 2.37. The quantitative estimate of drug-likeness (QED) is 0.302. The molecule has 11 nitrogen and oxygen atoms in total. The van der Waals surface area contributed by atoms with Crippen molar-refractivity contribution in [3.63, 3.8) is 0 Å². The van der Waals surface area contributed by atoms with E-state index < -0.39 is 0 Å². The van der Waals surface area contributed by atoms with Crippen LogP contribution in [0.15, 0.2) is 55.0 Å². The second-order valence-corrected chi connectivity index (χ2v) is 7.76. The van der Waals surface area contributed by atoms with Gasteiger partial charge in [-0.25, -0.2) is 15.0 Å². The number of hydrogen-bond acceptors (Lipinski definition) is 9. The van der Waals surface area contributed by atoms with Crippen molar-refractivity contribution >= 4 is 34.7 Å². The molecule has 0 aliphatic rings. The first-order valence-corrected chi connectivity index (χ1v) is 11.2. The highest BCUT2D eigenvalue weighted by Gasteiger charge is 2.18. The minimum atomic E-state index is -0.299. The summed E-state index contributed by atoms with van der Waals surface area (Å²) < 4.78 is 7.31. The molecule has 0 saturated carbocycles. The summed E-state index contributed by atoms with van der Waals surface area (Å²) in [6, 6.07) is 12.3. The molecule has 11 heteroatoms. The van der Waals surface area contributed by atoms with Crippen LogP contribution in [0.4, 0.5) is 23.0 Å². The Balaban J connectivity index is 1.71. The molecular formula is C25H26N8O3. The van der Waals surface area contributed by atoms with Crippen molar-refractivity contribution in [2.45, 2.75) is 13.3 Å². The molecule has 3 aromatic heterocycles. The zero-order valence-electron chi connectivity index (χ0n) is 20.4. The van der Waals surface area contributed by atoms with Gasteiger partial charge in [0.2, 0.25) is 0 Å². The Morgan fingerprint density at radius 2 is 1.83 bits per heavy atom. The molecule has 0 fully saturated rings. The number of carbonyl (C=O) groups excluding carboxylic acids is 2. The molecular weight excluding hydrogens is 460 g/mol. The van der Waals surface area contributed by atoms with Crippen LogP contribution in [0.25, 0.3) is 11.4 Å². The van der Waals surface area contributed by atoms with Gasteiger partial charge in [-0.1, -0.05) is 19.1 Å². The first kappa shape index (κ1) is 24.3. The van der Waals surface area contributed by atoms with Gasteiger partial charge in [0.15, 0.2) is 17.4 Å². The number of aromatic nitrogens is 5. The number of aryl methyl sites for hydroxylation is 1. The maximum atomic E-state index is 12.7. The lowest BCUT2D eigenvalue weighted by Crippen LogP contribution is -2.19. The minimum absolute atomic E-state index is 0.0715. The summed E-state index contributed by atoms with van der Waals surface area (Å²) in [5, 5.41) is 13.3. The smallest absolute Gasteiger partial charge is 0.269 e. The number of ketones is 1. The molecule has 0 aliphatic heterocycles. The summed E-state index contributed by atoms with van der Waals surface area (Å²) in [4.78, 5) is 37.6. The zero-order valence-corrected chi connectivity index (χ0v) is 20.4. The maximum absolute atomic E-state index is 12.7. The largest absolute Gasteiger partial charge is 0.494 e. The van der Waals surface area contributed by atoms with E-state index in [1.807, 2.05) is 18.2 Å². The van der Waals surface area contributed by atoms with Crippen molar-refractivity contribution < 1.29 is 14.3 Å². The fourth-order valence-corrected chi connectivity index (χ4v) is 3.57. The van der Waals surface area contributed by atoms with E-state index in [-0.39, 0.29) is 17.4 Å². The number of nitrogens with zero attached hydrogens (tertiary/aromatic N) is 5. The average Bonchev–Trinajstić information content (AvgIpc) is 3.34. The zero-order chi connectivity index (χ0) is 25.7. The van der Waals surface area contributed by atoms with E-state index in [1.54, 1.807) is 63.4 Å². The number of carbonyl (C=O) groups is 2. The fraction of sp³-hybridized carbons (Fsp3) is 0.200. The molecule has 36 heavy (non-hydrogen) atoms. The number of pyridine rings is 2. The molecule has 0 saturated heterocycles. The number of ether oxygens (including phenoxy) is 1. The van der Waals surface area contributed by atoms with Crippen LogP contribution in [-0.4, -0.2) is 50.6 Å². The summed E-state index contributed by atoms with van der Waals surface area (Å²) >= 11 is 0. The van der Waals surface area contributed by atoms with E-state index in [0.717, 1.165) is 0 Å². The molecule has 1 amide bonds. The summed E-state index contributed by atoms with van der Waals surface area (Å²) in [5.74, 6) is 1.55. The monoisotopic (exact) mass is 486 g/mol. The Bertz CT molecular complexity index is 1420. The van der Waals surface area contributed by atoms with Crippen LogP contribution in [-0.2, 0) is 7.05 Å². The predicted molar refractivity (Wildman–Crippen MR) is 136 cm³/mol. The Morgan fingerprint density at radius 1 is 1.03 bits per heavy atom. The van der Waals surface area contributed by atoms with E-state index in [1.165, 1.54) is 6.20 Å². The van der Waals surface area contributed by atoms with Crippen LogP contribution in [0.1, 0.15) is 34.2 Å². The van der Waals surface area contributed by atoms with Crippen molar-refractivity contribution in [1.29, 1.82) is 0 Å². The third kappa shape index (κ3) is 5.14. The molecule has 3 N–H and O–H groups in total. The number of methoxy groups -OCH3 is 1. The molecule has 0 radical (unpaired) electrons. The van der Waals surface area contributed by atoms with Gasteiger partial charge in [0.05, 0.1) is 29.6 Å². The summed E-state index contributed by atoms with van der Waals surface area (Å²) in [5.41, 5.74) is 2.56. The van der Waals surface area contributed by atoms with Gasteiger partial charge < -0.3 is 20.7 Å². The van der Waals surface area contributed by atoms with Gasteiger partial charge in [-0.05, 0) is 24.3 Å². The highest BCUT2D eigenvalue weighted by atomic mass is 16.5. The molecule has 3 heterocycles. The fourth-order valence-electron chi connectivity index (χ4n) is 3.57. The first-order chi connectivity index (χ1) is 17.4. The number of Topliss-reactive ketones (excluding diaryl/α,β-unsaturated/α-hetero) is 1. The van der Waals surface area contributed by atoms with Gasteiger partial charge in [-0.2, -0.15) is 5.10 Å². The Hall–Kier alpha value is -4.80. The number of para-hydroxylation sites is 1. The molecule has 0 aliphatic carbocycles. The van der Waals surface area contributed by atoms with Crippen molar-refractivity contribution in [1.82, 2.24) is 30.0 Å². The molecule has 4 rings (SSSR count). The number of benzene rings is 1. The van der Waals surface area contributed by atoms with Gasteiger partial charge in [-0.3, -0.25) is 14.3 Å². The lowest BCUT2D eigenvalue weighted by Gasteiger charge is -2.17. The molecule has 0 atom stereocenters. The van der Waals surface area contributed by atoms with Crippen LogP contribution in [0, 0.1) is 0 Å².